The summed E-state index contributed by atoms with van der Waals surface area (Å²) in [6, 6.07) is 1.24. The fourth-order valence-electron chi connectivity index (χ4n) is 1.31. The van der Waals surface area contributed by atoms with Crippen LogP contribution in [0.5, 0.6) is 0 Å². The van der Waals surface area contributed by atoms with Crippen LogP contribution in [0.3, 0.4) is 0 Å². The van der Waals surface area contributed by atoms with Gasteiger partial charge < -0.3 is 4.74 Å². The summed E-state index contributed by atoms with van der Waals surface area (Å²) in [6.45, 7) is 4.54. The highest BCUT2D eigenvalue weighted by Crippen LogP contribution is 2.19. The Labute approximate surface area is 111 Å². The lowest BCUT2D eigenvalue weighted by Gasteiger charge is -2.05. The van der Waals surface area contributed by atoms with E-state index in [9.17, 15) is 13.2 Å². The smallest absolute Gasteiger partial charge is 0.339 e. The Morgan fingerprint density at radius 2 is 2.17 bits per heavy atom. The number of thiophene rings is 1. The summed E-state index contributed by atoms with van der Waals surface area (Å²) in [5, 5.41) is 6.39. The van der Waals surface area contributed by atoms with Gasteiger partial charge in [-0.2, -0.15) is 0 Å². The fourth-order valence-corrected chi connectivity index (χ4v) is 2.89. The van der Waals surface area contributed by atoms with Crippen molar-refractivity contribution in [1.82, 2.24) is 0 Å². The number of hydrogen-bond acceptors (Lipinski definition) is 5. The summed E-state index contributed by atoms with van der Waals surface area (Å²) < 4.78 is 27.1. The second-order valence-electron chi connectivity index (χ2n) is 4.37. The molecular weight excluding hydrogens is 274 g/mol. The Kier molecular flexibility index (Phi) is 5.30. The van der Waals surface area contributed by atoms with Gasteiger partial charge in [0.1, 0.15) is 4.21 Å². The molecule has 0 amide bonds. The maximum absolute atomic E-state index is 11.6. The molecular formula is C11H17NO4S2. The van der Waals surface area contributed by atoms with Crippen LogP contribution in [0, 0.1) is 5.92 Å². The normalized spacial score (nSPS) is 11.8. The first-order chi connectivity index (χ1) is 8.30. The molecule has 7 heteroatoms. The first-order valence-electron chi connectivity index (χ1n) is 5.59. The van der Waals surface area contributed by atoms with Gasteiger partial charge in [0.2, 0.25) is 10.0 Å². The lowest BCUT2D eigenvalue weighted by molar-refractivity contribution is 0.0495. The molecule has 0 radical (unpaired) electrons. The van der Waals surface area contributed by atoms with E-state index in [1.807, 2.05) is 0 Å². The van der Waals surface area contributed by atoms with Crippen molar-refractivity contribution >= 4 is 27.3 Å². The molecule has 0 saturated carbocycles. The third-order valence-corrected chi connectivity index (χ3v) is 4.64. The quantitative estimate of drug-likeness (QED) is 0.641. The number of sulfonamides is 1. The highest BCUT2D eigenvalue weighted by molar-refractivity contribution is 7.91. The number of hydrogen-bond donors (Lipinski definition) is 1. The minimum atomic E-state index is -3.74. The molecule has 1 aromatic rings. The van der Waals surface area contributed by atoms with E-state index >= 15 is 0 Å². The minimum Gasteiger partial charge on any atom is -0.462 e. The molecule has 1 heterocycles. The molecule has 0 aromatic carbocycles. The van der Waals surface area contributed by atoms with Gasteiger partial charge in [0.15, 0.2) is 0 Å². The van der Waals surface area contributed by atoms with E-state index in [1.165, 1.54) is 11.4 Å². The van der Waals surface area contributed by atoms with Crippen LogP contribution >= 0.6 is 11.3 Å². The zero-order chi connectivity index (χ0) is 13.8. The number of carbonyl (C=O) groups is 1. The van der Waals surface area contributed by atoms with Crippen molar-refractivity contribution in [1.29, 1.82) is 0 Å². The molecule has 0 fully saturated rings. The number of nitrogens with two attached hydrogens (primary N) is 1. The van der Waals surface area contributed by atoms with E-state index in [1.54, 1.807) is 0 Å². The van der Waals surface area contributed by atoms with Crippen LogP contribution in [0.25, 0.3) is 0 Å². The Morgan fingerprint density at radius 1 is 1.50 bits per heavy atom. The summed E-state index contributed by atoms with van der Waals surface area (Å²) in [6.07, 6.45) is 1.79. The van der Waals surface area contributed by atoms with Crippen LogP contribution in [0.4, 0.5) is 0 Å². The molecule has 102 valence electrons. The van der Waals surface area contributed by atoms with Crippen molar-refractivity contribution in [3.8, 4) is 0 Å². The molecule has 2 N–H and O–H groups in total. The molecule has 1 aromatic heterocycles. The van der Waals surface area contributed by atoms with E-state index < -0.39 is 16.0 Å². The number of carbonyl (C=O) groups excluding carboxylic acids is 1. The average molecular weight is 291 g/mol. The van der Waals surface area contributed by atoms with Gasteiger partial charge in [0, 0.05) is 5.38 Å². The van der Waals surface area contributed by atoms with Crippen molar-refractivity contribution in [2.24, 2.45) is 11.1 Å². The van der Waals surface area contributed by atoms with Gasteiger partial charge in [-0.05, 0) is 24.8 Å². The minimum absolute atomic E-state index is 0.0309. The van der Waals surface area contributed by atoms with E-state index in [0.29, 0.717) is 12.5 Å². The predicted octanol–water partition coefficient (Wildman–Crippen LogP) is 1.99. The maximum atomic E-state index is 11.6. The maximum Gasteiger partial charge on any atom is 0.339 e. The summed E-state index contributed by atoms with van der Waals surface area (Å²) in [7, 11) is -3.74. The van der Waals surface area contributed by atoms with Crippen LogP contribution in [-0.4, -0.2) is 21.0 Å². The zero-order valence-corrected chi connectivity index (χ0v) is 12.0. The molecule has 5 nitrogen and oxygen atoms in total. The molecule has 18 heavy (non-hydrogen) atoms. The standard InChI is InChI=1S/C11H17NO4S2/c1-8(2)4-3-5-16-11(13)9-6-10(17-7-9)18(12,14)15/h6-8H,3-5H2,1-2H3,(H2,12,14,15). The monoisotopic (exact) mass is 291 g/mol. The van der Waals surface area contributed by atoms with Gasteiger partial charge in [-0.15, -0.1) is 11.3 Å². The summed E-state index contributed by atoms with van der Waals surface area (Å²) in [5.41, 5.74) is 0.230. The molecule has 0 aliphatic rings. The van der Waals surface area contributed by atoms with Gasteiger partial charge in [-0.3, -0.25) is 0 Å². The summed E-state index contributed by atoms with van der Waals surface area (Å²) in [5.74, 6) is 0.0590. The van der Waals surface area contributed by atoms with Crippen LogP contribution in [-0.2, 0) is 14.8 Å². The Balaban J connectivity index is 2.50. The first-order valence-corrected chi connectivity index (χ1v) is 8.01. The van der Waals surface area contributed by atoms with Crippen LogP contribution < -0.4 is 5.14 Å². The Bertz CT molecular complexity index is 505. The van der Waals surface area contributed by atoms with Gasteiger partial charge in [0.25, 0.3) is 0 Å². The number of esters is 1. The topological polar surface area (TPSA) is 86.5 Å². The zero-order valence-electron chi connectivity index (χ0n) is 10.4. The molecule has 0 spiro atoms. The number of rotatable bonds is 6. The fraction of sp³-hybridized carbons (Fsp3) is 0.545. The molecule has 1 rings (SSSR count). The van der Waals surface area contributed by atoms with Crippen molar-refractivity contribution in [3.63, 3.8) is 0 Å². The highest BCUT2D eigenvalue weighted by atomic mass is 32.2. The third kappa shape index (κ3) is 4.75. The van der Waals surface area contributed by atoms with Crippen LogP contribution in [0.15, 0.2) is 15.7 Å². The molecule has 0 atom stereocenters. The van der Waals surface area contributed by atoms with Gasteiger partial charge in [-0.1, -0.05) is 13.8 Å². The van der Waals surface area contributed by atoms with Crippen molar-refractivity contribution in [3.05, 3.63) is 17.0 Å². The molecule has 0 aliphatic carbocycles. The average Bonchev–Trinajstić information content (AvgIpc) is 2.72. The van der Waals surface area contributed by atoms with E-state index in [4.69, 9.17) is 9.88 Å². The molecule has 0 unspecified atom stereocenters. The van der Waals surface area contributed by atoms with Gasteiger partial charge in [0.05, 0.1) is 12.2 Å². The first kappa shape index (κ1) is 15.1. The Hall–Kier alpha value is -0.920. The molecule has 0 aliphatic heterocycles. The lowest BCUT2D eigenvalue weighted by Crippen LogP contribution is -2.10. The molecule has 0 saturated heterocycles. The third-order valence-electron chi connectivity index (χ3n) is 2.25. The van der Waals surface area contributed by atoms with Crippen LogP contribution in [0.1, 0.15) is 37.0 Å². The second-order valence-corrected chi connectivity index (χ2v) is 7.07. The number of ether oxygens (including phenoxy) is 1. The predicted molar refractivity (Wildman–Crippen MR) is 70.0 cm³/mol. The van der Waals surface area contributed by atoms with Gasteiger partial charge >= 0.3 is 5.97 Å². The van der Waals surface area contributed by atoms with Gasteiger partial charge in [-0.25, -0.2) is 18.4 Å². The van der Waals surface area contributed by atoms with Crippen molar-refractivity contribution < 1.29 is 17.9 Å². The van der Waals surface area contributed by atoms with E-state index in [-0.39, 0.29) is 9.77 Å². The second kappa shape index (κ2) is 6.31. The lowest BCUT2D eigenvalue weighted by atomic mass is 10.1. The highest BCUT2D eigenvalue weighted by Gasteiger charge is 2.15. The summed E-state index contributed by atoms with van der Waals surface area (Å²) in [4.78, 5) is 11.6. The molecule has 0 bridgehead atoms. The van der Waals surface area contributed by atoms with E-state index in [2.05, 4.69) is 13.8 Å². The summed E-state index contributed by atoms with van der Waals surface area (Å²) >= 11 is 0.915. The largest absolute Gasteiger partial charge is 0.462 e. The Morgan fingerprint density at radius 3 is 2.67 bits per heavy atom. The van der Waals surface area contributed by atoms with Crippen molar-refractivity contribution in [2.45, 2.75) is 30.9 Å². The SMILES string of the molecule is CC(C)CCCOC(=O)c1csc(S(N)(=O)=O)c1. The van der Waals surface area contributed by atoms with Crippen molar-refractivity contribution in [2.75, 3.05) is 6.61 Å². The van der Waals surface area contributed by atoms with Crippen LogP contribution in [0.2, 0.25) is 0 Å². The van der Waals surface area contributed by atoms with E-state index in [0.717, 1.165) is 24.2 Å². The number of primary sulfonamides is 1.